The fraction of sp³-hybridized carbons (Fsp3) is 0.412. The Morgan fingerprint density at radius 1 is 1.45 bits per heavy atom. The van der Waals surface area contributed by atoms with Crippen molar-refractivity contribution in [2.45, 2.75) is 39.8 Å². The van der Waals surface area contributed by atoms with E-state index < -0.39 is 0 Å². The quantitative estimate of drug-likeness (QED) is 0.875. The highest BCUT2D eigenvalue weighted by molar-refractivity contribution is 6.06. The molecule has 1 aromatic heterocycles. The Kier molecular flexibility index (Phi) is 3.88. The van der Waals surface area contributed by atoms with Crippen LogP contribution in [0, 0.1) is 6.92 Å². The molecule has 5 heteroatoms. The van der Waals surface area contributed by atoms with Gasteiger partial charge in [-0.15, -0.1) is 0 Å². The van der Waals surface area contributed by atoms with Crippen molar-refractivity contribution in [3.8, 4) is 5.75 Å². The van der Waals surface area contributed by atoms with Crippen molar-refractivity contribution >= 4 is 11.6 Å². The first-order valence-electron chi connectivity index (χ1n) is 7.70. The van der Waals surface area contributed by atoms with Gasteiger partial charge in [0, 0.05) is 12.7 Å². The van der Waals surface area contributed by atoms with Crippen molar-refractivity contribution in [1.82, 2.24) is 9.78 Å². The lowest BCUT2D eigenvalue weighted by Gasteiger charge is -2.33. The second-order valence-corrected chi connectivity index (χ2v) is 5.81. The summed E-state index contributed by atoms with van der Waals surface area (Å²) in [7, 11) is 0. The van der Waals surface area contributed by atoms with Gasteiger partial charge in [0.25, 0.3) is 5.91 Å². The number of aromatic nitrogens is 2. The lowest BCUT2D eigenvalue weighted by atomic mass is 10.1. The van der Waals surface area contributed by atoms with E-state index in [1.165, 1.54) is 0 Å². The minimum absolute atomic E-state index is 0.0241. The minimum atomic E-state index is -0.0254. The fourth-order valence-electron chi connectivity index (χ4n) is 2.72. The van der Waals surface area contributed by atoms with Crippen LogP contribution in [0.3, 0.4) is 0 Å². The molecule has 1 aliphatic rings. The van der Waals surface area contributed by atoms with E-state index in [1.54, 1.807) is 11.1 Å². The van der Waals surface area contributed by atoms with Crippen molar-refractivity contribution in [2.75, 3.05) is 11.4 Å². The van der Waals surface area contributed by atoms with Crippen molar-refractivity contribution in [2.24, 2.45) is 0 Å². The molecule has 0 N–H and O–H groups in total. The van der Waals surface area contributed by atoms with Crippen LogP contribution in [-0.2, 0) is 6.54 Å². The molecule has 0 bridgehead atoms. The summed E-state index contributed by atoms with van der Waals surface area (Å²) in [5.74, 6) is 0.746. The number of amides is 1. The molecule has 5 nitrogen and oxygen atoms in total. The molecule has 0 saturated carbocycles. The molecule has 1 aromatic carbocycles. The summed E-state index contributed by atoms with van der Waals surface area (Å²) < 4.78 is 7.67. The predicted molar refractivity (Wildman–Crippen MR) is 85.5 cm³/mol. The monoisotopic (exact) mass is 299 g/mol. The highest BCUT2D eigenvalue weighted by Crippen LogP contribution is 2.35. The van der Waals surface area contributed by atoms with Gasteiger partial charge in [0.05, 0.1) is 24.0 Å². The highest BCUT2D eigenvalue weighted by Gasteiger charge is 2.29. The Morgan fingerprint density at radius 2 is 2.27 bits per heavy atom. The zero-order valence-electron chi connectivity index (χ0n) is 13.2. The van der Waals surface area contributed by atoms with Crippen LogP contribution in [0.25, 0.3) is 0 Å². The number of benzene rings is 1. The van der Waals surface area contributed by atoms with Gasteiger partial charge in [-0.1, -0.05) is 13.0 Å². The van der Waals surface area contributed by atoms with E-state index in [2.05, 4.69) is 12.0 Å². The first-order valence-corrected chi connectivity index (χ1v) is 7.70. The number of nitrogens with zero attached hydrogens (tertiary/aromatic N) is 3. The summed E-state index contributed by atoms with van der Waals surface area (Å²) in [5, 5.41) is 4.25. The van der Waals surface area contributed by atoms with Gasteiger partial charge in [0.2, 0.25) is 0 Å². The number of anilines is 1. The molecule has 1 unspecified atom stereocenters. The molecular weight excluding hydrogens is 278 g/mol. The number of carbonyl (C=O) groups is 1. The number of hydrogen-bond donors (Lipinski definition) is 0. The molecule has 0 aliphatic carbocycles. The molecule has 22 heavy (non-hydrogen) atoms. The molecule has 2 heterocycles. The van der Waals surface area contributed by atoms with Gasteiger partial charge < -0.3 is 9.64 Å². The lowest BCUT2D eigenvalue weighted by molar-refractivity contribution is 0.0961. The molecule has 0 saturated heterocycles. The van der Waals surface area contributed by atoms with E-state index in [0.717, 1.165) is 30.0 Å². The number of aryl methyl sites for hydroxylation is 2. The molecule has 0 spiro atoms. The maximum absolute atomic E-state index is 12.8. The third kappa shape index (κ3) is 2.71. The second-order valence-electron chi connectivity index (χ2n) is 5.81. The van der Waals surface area contributed by atoms with E-state index in [4.69, 9.17) is 4.74 Å². The molecule has 0 fully saturated rings. The van der Waals surface area contributed by atoms with Crippen molar-refractivity contribution < 1.29 is 9.53 Å². The van der Waals surface area contributed by atoms with Gasteiger partial charge in [0.15, 0.2) is 0 Å². The summed E-state index contributed by atoms with van der Waals surface area (Å²) in [5.41, 5.74) is 2.57. The van der Waals surface area contributed by atoms with Gasteiger partial charge in [-0.05, 0) is 38.0 Å². The first-order chi connectivity index (χ1) is 10.6. The van der Waals surface area contributed by atoms with Crippen LogP contribution in [0.1, 0.15) is 36.2 Å². The van der Waals surface area contributed by atoms with Crippen molar-refractivity contribution in [3.63, 3.8) is 0 Å². The molecule has 3 rings (SSSR count). The summed E-state index contributed by atoms with van der Waals surface area (Å²) in [6.45, 7) is 7.46. The fourth-order valence-corrected chi connectivity index (χ4v) is 2.72. The van der Waals surface area contributed by atoms with E-state index >= 15 is 0 Å². The second kappa shape index (κ2) is 5.83. The molecule has 1 atom stereocenters. The van der Waals surface area contributed by atoms with Crippen LogP contribution in [0.2, 0.25) is 0 Å². The predicted octanol–water partition coefficient (Wildman–Crippen LogP) is 3.03. The van der Waals surface area contributed by atoms with Crippen LogP contribution in [-0.4, -0.2) is 28.3 Å². The molecule has 116 valence electrons. The first kappa shape index (κ1) is 14.6. The average Bonchev–Trinajstić information content (AvgIpc) is 2.94. The van der Waals surface area contributed by atoms with Crippen LogP contribution in [0.4, 0.5) is 5.69 Å². The molecule has 2 aromatic rings. The summed E-state index contributed by atoms with van der Waals surface area (Å²) in [4.78, 5) is 14.6. The van der Waals surface area contributed by atoms with E-state index in [9.17, 15) is 4.79 Å². The number of ether oxygens (including phenoxy) is 1. The van der Waals surface area contributed by atoms with Crippen LogP contribution >= 0.6 is 0 Å². The van der Waals surface area contributed by atoms with E-state index in [1.807, 2.05) is 42.9 Å². The van der Waals surface area contributed by atoms with Gasteiger partial charge in [-0.25, -0.2) is 0 Å². The SMILES string of the molecule is CCCn1cc(C(=O)N2CC(C)Oc3cc(C)ccc32)cn1. The standard InChI is InChI=1S/C17H21N3O2/c1-4-7-19-11-14(9-18-19)17(21)20-10-13(3)22-16-8-12(2)5-6-15(16)20/h5-6,8-9,11,13H,4,7,10H2,1-3H3. The lowest BCUT2D eigenvalue weighted by Crippen LogP contribution is -2.42. The third-order valence-electron chi connectivity index (χ3n) is 3.75. The largest absolute Gasteiger partial charge is 0.487 e. The van der Waals surface area contributed by atoms with Crippen LogP contribution in [0.5, 0.6) is 5.75 Å². The summed E-state index contributed by atoms with van der Waals surface area (Å²) >= 11 is 0. The van der Waals surface area contributed by atoms with Gasteiger partial charge in [0.1, 0.15) is 11.9 Å². The normalized spacial score (nSPS) is 17.0. The summed E-state index contributed by atoms with van der Waals surface area (Å²) in [6, 6.07) is 5.93. The maximum Gasteiger partial charge on any atom is 0.261 e. The zero-order chi connectivity index (χ0) is 15.7. The average molecular weight is 299 g/mol. The van der Waals surface area contributed by atoms with Crippen molar-refractivity contribution in [1.29, 1.82) is 0 Å². The minimum Gasteiger partial charge on any atom is -0.487 e. The number of fused-ring (bicyclic) bond motifs is 1. The highest BCUT2D eigenvalue weighted by atomic mass is 16.5. The number of rotatable bonds is 3. The molecule has 1 amide bonds. The Balaban J connectivity index is 1.92. The topological polar surface area (TPSA) is 47.4 Å². The summed E-state index contributed by atoms with van der Waals surface area (Å²) in [6.07, 6.45) is 4.43. The van der Waals surface area contributed by atoms with Crippen molar-refractivity contribution in [3.05, 3.63) is 41.7 Å². The Hall–Kier alpha value is -2.30. The number of hydrogen-bond acceptors (Lipinski definition) is 3. The van der Waals surface area contributed by atoms with Gasteiger partial charge in [-0.3, -0.25) is 9.48 Å². The van der Waals surface area contributed by atoms with E-state index in [0.29, 0.717) is 12.1 Å². The third-order valence-corrected chi connectivity index (χ3v) is 3.75. The molecular formula is C17H21N3O2. The Morgan fingerprint density at radius 3 is 3.05 bits per heavy atom. The zero-order valence-corrected chi connectivity index (χ0v) is 13.2. The van der Waals surface area contributed by atoms with Crippen LogP contribution < -0.4 is 9.64 Å². The number of carbonyl (C=O) groups excluding carboxylic acids is 1. The van der Waals surface area contributed by atoms with E-state index in [-0.39, 0.29) is 12.0 Å². The Bertz CT molecular complexity index is 693. The van der Waals surface area contributed by atoms with Crippen LogP contribution in [0.15, 0.2) is 30.6 Å². The van der Waals surface area contributed by atoms with Gasteiger partial charge >= 0.3 is 0 Å². The maximum atomic E-state index is 12.8. The molecule has 0 radical (unpaired) electrons. The molecule has 1 aliphatic heterocycles. The van der Waals surface area contributed by atoms with Gasteiger partial charge in [-0.2, -0.15) is 5.10 Å². The smallest absolute Gasteiger partial charge is 0.261 e. The Labute approximate surface area is 130 Å².